The molecule has 0 spiro atoms. The van der Waals surface area contributed by atoms with E-state index in [4.69, 9.17) is 10.2 Å². The van der Waals surface area contributed by atoms with Crippen molar-refractivity contribution in [2.75, 3.05) is 26.3 Å². The van der Waals surface area contributed by atoms with Gasteiger partial charge < -0.3 is 20.2 Å². The Labute approximate surface area is 207 Å². The van der Waals surface area contributed by atoms with E-state index in [1.165, 1.54) is 54.2 Å². The van der Waals surface area contributed by atoms with Gasteiger partial charge in [0.2, 0.25) is 5.91 Å². The van der Waals surface area contributed by atoms with E-state index in [0.29, 0.717) is 11.8 Å². The van der Waals surface area contributed by atoms with Gasteiger partial charge in [-0.05, 0) is 96.2 Å². The lowest BCUT2D eigenvalue weighted by Crippen LogP contribution is -2.40. The number of hydrogen-bond acceptors (Lipinski definition) is 4. The van der Waals surface area contributed by atoms with Gasteiger partial charge in [-0.3, -0.25) is 4.79 Å². The van der Waals surface area contributed by atoms with Gasteiger partial charge >= 0.3 is 0 Å². The summed E-state index contributed by atoms with van der Waals surface area (Å²) >= 11 is 0. The minimum absolute atomic E-state index is 0.132. The molecule has 6 rings (SSSR count). The number of phenolic OH excluding ortho intramolecular Hbond substituents is 1. The van der Waals surface area contributed by atoms with Gasteiger partial charge in [0.1, 0.15) is 5.75 Å². The number of nitrogens with zero attached hydrogens (tertiary/aromatic N) is 1. The van der Waals surface area contributed by atoms with Crippen LogP contribution in [0.3, 0.4) is 0 Å². The van der Waals surface area contributed by atoms with Crippen molar-refractivity contribution in [2.45, 2.75) is 32.1 Å². The number of hydrogen-bond donors (Lipinski definition) is 3. The van der Waals surface area contributed by atoms with Crippen LogP contribution in [0.15, 0.2) is 60.2 Å². The summed E-state index contributed by atoms with van der Waals surface area (Å²) in [6, 6.07) is 16.0. The molecule has 0 atom stereocenters. The molecule has 0 unspecified atom stereocenters. The number of amides is 1. The third-order valence-corrected chi connectivity index (χ3v) is 8.13. The highest BCUT2D eigenvalue weighted by Crippen LogP contribution is 2.58. The average Bonchev–Trinajstić information content (AvgIpc) is 2.85. The Morgan fingerprint density at radius 1 is 0.800 bits per heavy atom. The zero-order chi connectivity index (χ0) is 24.4. The highest BCUT2D eigenvalue weighted by Gasteiger charge is 2.46. The van der Waals surface area contributed by atoms with Gasteiger partial charge in [-0.15, -0.1) is 0 Å². The van der Waals surface area contributed by atoms with Crippen molar-refractivity contribution >= 4 is 17.6 Å². The van der Waals surface area contributed by atoms with Gasteiger partial charge in [-0.1, -0.05) is 42.0 Å². The molecular formula is C30H35NO4. The molecule has 2 aromatic carbocycles. The van der Waals surface area contributed by atoms with E-state index >= 15 is 0 Å². The zero-order valence-electron chi connectivity index (χ0n) is 20.1. The van der Waals surface area contributed by atoms with Crippen LogP contribution in [0, 0.1) is 23.7 Å². The summed E-state index contributed by atoms with van der Waals surface area (Å²) in [4.78, 5) is 13.9. The predicted molar refractivity (Wildman–Crippen MR) is 137 cm³/mol. The van der Waals surface area contributed by atoms with Crippen molar-refractivity contribution in [2.24, 2.45) is 23.7 Å². The molecular weight excluding hydrogens is 438 g/mol. The van der Waals surface area contributed by atoms with E-state index in [1.807, 2.05) is 24.3 Å². The molecule has 1 amide bonds. The predicted octanol–water partition coefficient (Wildman–Crippen LogP) is 4.48. The molecule has 4 fully saturated rings. The molecule has 0 heterocycles. The monoisotopic (exact) mass is 473 g/mol. The number of aromatic hydroxyl groups is 1. The molecule has 0 aromatic heterocycles. The topological polar surface area (TPSA) is 81.0 Å². The van der Waals surface area contributed by atoms with E-state index in [0.717, 1.165) is 23.0 Å². The Morgan fingerprint density at radius 3 is 1.83 bits per heavy atom. The van der Waals surface area contributed by atoms with Crippen molar-refractivity contribution in [1.82, 2.24) is 4.90 Å². The number of carbonyl (C=O) groups is 1. The maximum Gasteiger partial charge on any atom is 0.246 e. The summed E-state index contributed by atoms with van der Waals surface area (Å²) in [5, 5.41) is 28.2. The molecule has 35 heavy (non-hydrogen) atoms. The first kappa shape index (κ1) is 23.8. The standard InChI is InChI=1S/C30H35NO4/c32-13-11-31(12-14-33)28(35)10-3-20-1-4-23(5-2-20)29(24-6-8-27(34)9-7-24)30-25-16-21-15-22(18-25)19-26(30)17-21/h1-10,21-22,25-26,32-34H,11-19H2/b10-3+,30-29?. The smallest absolute Gasteiger partial charge is 0.246 e. The van der Waals surface area contributed by atoms with Crippen LogP contribution in [0.4, 0.5) is 0 Å². The van der Waals surface area contributed by atoms with Gasteiger partial charge in [-0.2, -0.15) is 0 Å². The summed E-state index contributed by atoms with van der Waals surface area (Å²) in [5.74, 6) is 3.17. The molecule has 4 aliphatic carbocycles. The van der Waals surface area contributed by atoms with Gasteiger partial charge in [0, 0.05) is 19.2 Å². The summed E-state index contributed by atoms with van der Waals surface area (Å²) < 4.78 is 0. The first-order chi connectivity index (χ1) is 17.1. The molecule has 0 radical (unpaired) electrons. The first-order valence-electron chi connectivity index (χ1n) is 12.9. The maximum atomic E-state index is 12.4. The molecule has 2 aromatic rings. The second kappa shape index (κ2) is 10.4. The fourth-order valence-electron chi connectivity index (χ4n) is 6.84. The second-order valence-electron chi connectivity index (χ2n) is 10.4. The van der Waals surface area contributed by atoms with E-state index in [-0.39, 0.29) is 38.0 Å². The minimum Gasteiger partial charge on any atom is -0.508 e. The van der Waals surface area contributed by atoms with Crippen molar-refractivity contribution < 1.29 is 20.1 Å². The third kappa shape index (κ3) is 5.07. The maximum absolute atomic E-state index is 12.4. The van der Waals surface area contributed by atoms with Crippen molar-refractivity contribution in [3.8, 4) is 5.75 Å². The number of aliphatic hydroxyl groups excluding tert-OH is 2. The summed E-state index contributed by atoms with van der Waals surface area (Å²) in [6.45, 7) is 0.144. The van der Waals surface area contributed by atoms with Crippen molar-refractivity contribution in [1.29, 1.82) is 0 Å². The molecule has 184 valence electrons. The largest absolute Gasteiger partial charge is 0.508 e. The van der Waals surface area contributed by atoms with Gasteiger partial charge in [-0.25, -0.2) is 0 Å². The third-order valence-electron chi connectivity index (χ3n) is 8.13. The van der Waals surface area contributed by atoms with Crippen LogP contribution in [0.1, 0.15) is 48.8 Å². The molecule has 5 nitrogen and oxygen atoms in total. The minimum atomic E-state index is -0.224. The Bertz CT molecular complexity index is 1060. The summed E-state index contributed by atoms with van der Waals surface area (Å²) in [7, 11) is 0. The first-order valence-corrected chi connectivity index (χ1v) is 12.9. The lowest BCUT2D eigenvalue weighted by molar-refractivity contribution is -0.126. The van der Waals surface area contributed by atoms with Crippen LogP contribution in [-0.2, 0) is 4.79 Å². The molecule has 4 saturated carbocycles. The Balaban J connectivity index is 1.45. The Hall–Kier alpha value is -2.89. The fourth-order valence-corrected chi connectivity index (χ4v) is 6.84. The number of aliphatic hydroxyl groups is 2. The molecule has 0 aliphatic heterocycles. The van der Waals surface area contributed by atoms with Gasteiger partial charge in [0.25, 0.3) is 0 Å². The van der Waals surface area contributed by atoms with Gasteiger partial charge in [0.15, 0.2) is 0 Å². The van der Waals surface area contributed by atoms with Gasteiger partial charge in [0.05, 0.1) is 13.2 Å². The SMILES string of the molecule is O=C(/C=C/c1ccc(C(=C2C3CC4CC(C3)CC2C4)c2ccc(O)cc2)cc1)N(CCO)CCO. The molecule has 3 N–H and O–H groups in total. The normalized spacial score (nSPS) is 24.8. The van der Waals surface area contributed by atoms with E-state index in [1.54, 1.807) is 23.8 Å². The summed E-state index contributed by atoms with van der Waals surface area (Å²) in [6.07, 6.45) is 9.94. The zero-order valence-corrected chi connectivity index (χ0v) is 20.1. The molecule has 5 heteroatoms. The highest BCUT2D eigenvalue weighted by molar-refractivity contribution is 5.92. The quantitative estimate of drug-likeness (QED) is 0.494. The number of carbonyl (C=O) groups excluding carboxylic acids is 1. The van der Waals surface area contributed by atoms with Crippen LogP contribution < -0.4 is 0 Å². The van der Waals surface area contributed by atoms with Crippen molar-refractivity contribution in [3.63, 3.8) is 0 Å². The fraction of sp³-hybridized carbons (Fsp3) is 0.433. The second-order valence-corrected chi connectivity index (χ2v) is 10.4. The van der Waals surface area contributed by atoms with E-state index < -0.39 is 0 Å². The average molecular weight is 474 g/mol. The van der Waals surface area contributed by atoms with E-state index in [2.05, 4.69) is 12.1 Å². The number of allylic oxidation sites excluding steroid dienone is 1. The number of phenols is 1. The molecule has 4 aliphatic rings. The van der Waals surface area contributed by atoms with Crippen LogP contribution in [-0.4, -0.2) is 52.4 Å². The lowest BCUT2D eigenvalue weighted by atomic mass is 9.53. The van der Waals surface area contributed by atoms with Crippen LogP contribution in [0.5, 0.6) is 5.75 Å². The van der Waals surface area contributed by atoms with E-state index in [9.17, 15) is 9.90 Å². The Morgan fingerprint density at radius 2 is 1.31 bits per heavy atom. The lowest BCUT2D eigenvalue weighted by Gasteiger charge is -2.52. The van der Waals surface area contributed by atoms with Crippen LogP contribution in [0.25, 0.3) is 11.6 Å². The number of benzene rings is 2. The van der Waals surface area contributed by atoms with Crippen LogP contribution in [0.2, 0.25) is 0 Å². The van der Waals surface area contributed by atoms with Crippen molar-refractivity contribution in [3.05, 3.63) is 76.9 Å². The molecule has 4 bridgehead atoms. The van der Waals surface area contributed by atoms with Crippen LogP contribution >= 0.6 is 0 Å². The highest BCUT2D eigenvalue weighted by atomic mass is 16.3. The summed E-state index contributed by atoms with van der Waals surface area (Å²) in [5.41, 5.74) is 6.21. The Kier molecular flexibility index (Phi) is 7.07. The number of rotatable bonds is 8. The molecule has 0 saturated heterocycles.